The van der Waals surface area contributed by atoms with Gasteiger partial charge in [0.15, 0.2) is 0 Å². The lowest BCUT2D eigenvalue weighted by Gasteiger charge is -2.17. The Morgan fingerprint density at radius 1 is 1.00 bits per heavy atom. The molecule has 6 heteroatoms. The Bertz CT molecular complexity index is 370. The van der Waals surface area contributed by atoms with Gasteiger partial charge >= 0.3 is 13.6 Å². The zero-order valence-corrected chi connectivity index (χ0v) is 11.1. The van der Waals surface area contributed by atoms with E-state index in [0.717, 1.165) is 0 Å². The molecule has 0 heterocycles. The van der Waals surface area contributed by atoms with E-state index >= 15 is 0 Å². The molecule has 0 amide bonds. The van der Waals surface area contributed by atoms with Crippen LogP contribution in [0, 0.1) is 0 Å². The molecule has 0 rings (SSSR count). The van der Waals surface area contributed by atoms with Crippen LogP contribution in [-0.4, -0.2) is 25.8 Å². The van der Waals surface area contributed by atoms with Crippen LogP contribution in [0.1, 0.15) is 0 Å². The second-order valence-electron chi connectivity index (χ2n) is 3.00. The molecule has 0 saturated heterocycles. The van der Waals surface area contributed by atoms with Gasteiger partial charge < -0.3 is 13.8 Å². The van der Waals surface area contributed by atoms with Gasteiger partial charge in [0.2, 0.25) is 0 Å². The lowest BCUT2D eigenvalue weighted by molar-refractivity contribution is -0.137. The van der Waals surface area contributed by atoms with Crippen LogP contribution in [0.25, 0.3) is 0 Å². The average molecular weight is 272 g/mol. The molecular weight excluding hydrogens is 255 g/mol. The van der Waals surface area contributed by atoms with Crippen LogP contribution >= 0.6 is 7.60 Å². The summed E-state index contributed by atoms with van der Waals surface area (Å²) in [4.78, 5) is 11.5. The molecule has 0 spiro atoms. The summed E-state index contributed by atoms with van der Waals surface area (Å²) in [5.74, 6) is -0.855. The van der Waals surface area contributed by atoms with E-state index in [1.54, 1.807) is 0 Å². The van der Waals surface area contributed by atoms with Crippen molar-refractivity contribution < 1.29 is 23.1 Å². The number of ether oxygens (including phenoxy) is 1. The Kier molecular flexibility index (Phi) is 7.96. The van der Waals surface area contributed by atoms with Crippen LogP contribution in [0.3, 0.4) is 0 Å². The Morgan fingerprint density at radius 2 is 1.44 bits per heavy atom. The highest BCUT2D eigenvalue weighted by Crippen LogP contribution is 2.55. The van der Waals surface area contributed by atoms with Crippen LogP contribution in [-0.2, 0) is 23.1 Å². The van der Waals surface area contributed by atoms with E-state index in [9.17, 15) is 9.36 Å². The smallest absolute Gasteiger partial charge is 0.368 e. The van der Waals surface area contributed by atoms with Crippen molar-refractivity contribution >= 4 is 13.6 Å². The summed E-state index contributed by atoms with van der Waals surface area (Å²) in [6.07, 6.45) is 4.14. The fourth-order valence-electron chi connectivity index (χ4n) is 0.824. The zero-order chi connectivity index (χ0) is 14.0. The first-order chi connectivity index (χ1) is 8.51. The number of rotatable bonds is 10. The van der Waals surface area contributed by atoms with Crippen molar-refractivity contribution in [1.29, 1.82) is 0 Å². The maximum Gasteiger partial charge on any atom is 0.368 e. The van der Waals surface area contributed by atoms with Crippen LogP contribution < -0.4 is 0 Å². The molecule has 0 atom stereocenters. The molecule has 0 unspecified atom stereocenters. The van der Waals surface area contributed by atoms with Crippen molar-refractivity contribution in [1.82, 2.24) is 0 Å². The Morgan fingerprint density at radius 3 is 1.83 bits per heavy atom. The van der Waals surface area contributed by atoms with Gasteiger partial charge in [0.25, 0.3) is 0 Å². The number of carbonyl (C=O) groups is 1. The van der Waals surface area contributed by atoms with E-state index in [-0.39, 0.29) is 25.1 Å². The van der Waals surface area contributed by atoms with Crippen LogP contribution in [0.2, 0.25) is 0 Å². The predicted octanol–water partition coefficient (Wildman–Crippen LogP) is 2.83. The molecule has 0 N–H and O–H groups in total. The first-order valence-electron chi connectivity index (χ1n) is 5.10. The monoisotopic (exact) mass is 272 g/mol. The van der Waals surface area contributed by atoms with E-state index in [1.807, 2.05) is 0 Å². The van der Waals surface area contributed by atoms with Crippen molar-refractivity contribution in [2.75, 3.05) is 19.8 Å². The van der Waals surface area contributed by atoms with E-state index in [1.165, 1.54) is 18.2 Å². The molecule has 18 heavy (non-hydrogen) atoms. The zero-order valence-electron chi connectivity index (χ0n) is 10.2. The van der Waals surface area contributed by atoms with Crippen LogP contribution in [0.15, 0.2) is 49.9 Å². The fourth-order valence-corrected chi connectivity index (χ4v) is 2.10. The molecule has 0 radical (unpaired) electrons. The van der Waals surface area contributed by atoms with Crippen molar-refractivity contribution in [3.8, 4) is 0 Å². The highest BCUT2D eigenvalue weighted by molar-refractivity contribution is 7.59. The summed E-state index contributed by atoms with van der Waals surface area (Å²) in [5, 5.41) is -0.368. The second kappa shape index (κ2) is 8.64. The third-order valence-corrected chi connectivity index (χ3v) is 3.44. The van der Waals surface area contributed by atoms with E-state index in [2.05, 4.69) is 26.3 Å². The van der Waals surface area contributed by atoms with Crippen LogP contribution in [0.5, 0.6) is 0 Å². The van der Waals surface area contributed by atoms with Gasteiger partial charge in [0.1, 0.15) is 11.9 Å². The number of esters is 1. The van der Waals surface area contributed by atoms with E-state index in [0.29, 0.717) is 0 Å². The highest BCUT2D eigenvalue weighted by Gasteiger charge is 2.34. The second-order valence-corrected chi connectivity index (χ2v) is 5.05. The minimum absolute atomic E-state index is 0.0131. The molecule has 0 fully saturated rings. The quantitative estimate of drug-likeness (QED) is 0.265. The standard InChI is InChI=1S/C12H17O5P/c1-5-8-15-12(13)11(4)18(14,16-9-6-2)17-10-7-3/h5-7H,1-4,8-10H2. The van der Waals surface area contributed by atoms with Gasteiger partial charge in [-0.3, -0.25) is 4.57 Å². The molecule has 100 valence electrons. The first-order valence-corrected chi connectivity index (χ1v) is 6.64. The van der Waals surface area contributed by atoms with Crippen LogP contribution in [0.4, 0.5) is 0 Å². The minimum atomic E-state index is -3.79. The molecule has 0 aromatic carbocycles. The van der Waals surface area contributed by atoms with Gasteiger partial charge in [0, 0.05) is 0 Å². The Labute approximate surface area is 107 Å². The Hall–Kier alpha value is -1.42. The largest absolute Gasteiger partial charge is 0.458 e. The summed E-state index contributed by atoms with van der Waals surface area (Å²) in [6, 6.07) is 0. The average Bonchev–Trinajstić information content (AvgIpc) is 2.39. The van der Waals surface area contributed by atoms with Gasteiger partial charge in [-0.25, -0.2) is 4.79 Å². The maximum absolute atomic E-state index is 12.3. The molecule has 5 nitrogen and oxygen atoms in total. The maximum atomic E-state index is 12.3. The van der Waals surface area contributed by atoms with Gasteiger partial charge in [-0.2, -0.15) is 0 Å². The van der Waals surface area contributed by atoms with E-state index < -0.39 is 13.6 Å². The summed E-state index contributed by atoms with van der Waals surface area (Å²) >= 11 is 0. The molecule has 0 bridgehead atoms. The predicted molar refractivity (Wildman–Crippen MR) is 70.2 cm³/mol. The molecule has 0 aliphatic carbocycles. The number of carbonyl (C=O) groups excluding carboxylic acids is 1. The number of hydrogen-bond donors (Lipinski definition) is 0. The first kappa shape index (κ1) is 16.6. The van der Waals surface area contributed by atoms with Crippen molar-refractivity contribution in [2.24, 2.45) is 0 Å². The summed E-state index contributed by atoms with van der Waals surface area (Å²) < 4.78 is 27.0. The topological polar surface area (TPSA) is 61.8 Å². The van der Waals surface area contributed by atoms with E-state index in [4.69, 9.17) is 13.8 Å². The van der Waals surface area contributed by atoms with Gasteiger partial charge in [0.05, 0.1) is 13.2 Å². The fraction of sp³-hybridized carbons (Fsp3) is 0.250. The number of hydrogen-bond acceptors (Lipinski definition) is 5. The lowest BCUT2D eigenvalue weighted by Crippen LogP contribution is -2.11. The molecule has 0 aliphatic rings. The molecule has 0 aliphatic heterocycles. The van der Waals surface area contributed by atoms with Gasteiger partial charge in [-0.1, -0.05) is 31.4 Å². The summed E-state index contributed by atoms with van der Waals surface area (Å²) in [7, 11) is -3.79. The normalized spacial score (nSPS) is 10.4. The molecular formula is C12H17O5P. The van der Waals surface area contributed by atoms with Gasteiger partial charge in [-0.05, 0) is 0 Å². The lowest BCUT2D eigenvalue weighted by atomic mass is 10.6. The van der Waals surface area contributed by atoms with Crippen molar-refractivity contribution in [3.05, 3.63) is 49.9 Å². The molecule has 0 saturated carbocycles. The SMILES string of the molecule is C=CCOC(=O)C(=C)P(=O)(OCC=C)OCC=C. The molecule has 0 aromatic rings. The summed E-state index contributed by atoms with van der Waals surface area (Å²) in [5.41, 5.74) is 0. The third-order valence-electron chi connectivity index (χ3n) is 1.62. The van der Waals surface area contributed by atoms with Crippen molar-refractivity contribution in [3.63, 3.8) is 0 Å². The minimum Gasteiger partial charge on any atom is -0.458 e. The van der Waals surface area contributed by atoms with Gasteiger partial charge in [-0.15, -0.1) is 13.2 Å². The molecule has 0 aromatic heterocycles. The Balaban J connectivity index is 4.81. The van der Waals surface area contributed by atoms with Crippen molar-refractivity contribution in [2.45, 2.75) is 0 Å². The third kappa shape index (κ3) is 5.27. The summed E-state index contributed by atoms with van der Waals surface area (Å²) in [6.45, 7) is 13.5. The highest BCUT2D eigenvalue weighted by atomic mass is 31.2.